The molecule has 1 N–H and O–H groups in total. The molecule has 28 heavy (non-hydrogen) atoms. The van der Waals surface area contributed by atoms with E-state index in [2.05, 4.69) is 5.32 Å². The van der Waals surface area contributed by atoms with Gasteiger partial charge in [0.2, 0.25) is 0 Å². The Morgan fingerprint density at radius 3 is 2.25 bits per heavy atom. The molecule has 0 radical (unpaired) electrons. The first kappa shape index (κ1) is 18.5. The number of halogens is 2. The summed E-state index contributed by atoms with van der Waals surface area (Å²) in [4.78, 5) is 25.0. The molecule has 0 saturated heterocycles. The smallest absolute Gasteiger partial charge is 0.339 e. The lowest BCUT2D eigenvalue weighted by Gasteiger charge is -2.25. The van der Waals surface area contributed by atoms with Crippen LogP contribution in [0.1, 0.15) is 37.9 Å². The molecule has 3 aromatic carbocycles. The van der Waals surface area contributed by atoms with E-state index in [0.29, 0.717) is 33.3 Å². The molecule has 140 valence electrons. The minimum Gasteiger partial charge on any atom is -0.454 e. The maximum atomic E-state index is 12.6. The van der Waals surface area contributed by atoms with Crippen molar-refractivity contribution in [2.24, 2.45) is 0 Å². The highest BCUT2D eigenvalue weighted by Crippen LogP contribution is 2.31. The van der Waals surface area contributed by atoms with Crippen LogP contribution < -0.4 is 5.32 Å². The lowest BCUT2D eigenvalue weighted by atomic mass is 9.93. The number of esters is 1. The molecule has 1 aliphatic rings. The second kappa shape index (κ2) is 7.66. The standard InChI is InChI=1S/C22H15Cl2NO3/c23-16-4-1-13(2-5-16)20-12-15-11-14(3-10-19(15)22(27)28-20)21(26)25-18-8-6-17(24)7-9-18/h1-11,20H,12H2,(H,25,26). The van der Waals surface area contributed by atoms with Crippen molar-refractivity contribution >= 4 is 40.8 Å². The number of fused-ring (bicyclic) bond motifs is 1. The van der Waals surface area contributed by atoms with Gasteiger partial charge in [-0.05, 0) is 65.7 Å². The largest absolute Gasteiger partial charge is 0.454 e. The number of cyclic esters (lactones) is 1. The van der Waals surface area contributed by atoms with Gasteiger partial charge < -0.3 is 10.1 Å². The van der Waals surface area contributed by atoms with Crippen molar-refractivity contribution in [2.45, 2.75) is 12.5 Å². The Morgan fingerprint density at radius 1 is 0.929 bits per heavy atom. The molecule has 1 heterocycles. The van der Waals surface area contributed by atoms with Crippen LogP contribution in [0.5, 0.6) is 0 Å². The molecule has 4 rings (SSSR count). The van der Waals surface area contributed by atoms with Crippen LogP contribution in [0.2, 0.25) is 10.0 Å². The van der Waals surface area contributed by atoms with E-state index in [-0.39, 0.29) is 5.91 Å². The van der Waals surface area contributed by atoms with Crippen LogP contribution in [0.15, 0.2) is 66.7 Å². The fourth-order valence-corrected chi connectivity index (χ4v) is 3.39. The van der Waals surface area contributed by atoms with Crippen molar-refractivity contribution in [3.05, 3.63) is 99.0 Å². The van der Waals surface area contributed by atoms with Gasteiger partial charge in [0.15, 0.2) is 0 Å². The quantitative estimate of drug-likeness (QED) is 0.562. The lowest BCUT2D eigenvalue weighted by Crippen LogP contribution is -2.23. The molecular formula is C22H15Cl2NO3. The molecule has 0 aromatic heterocycles. The van der Waals surface area contributed by atoms with E-state index in [1.807, 2.05) is 12.1 Å². The van der Waals surface area contributed by atoms with Crippen LogP contribution in [0, 0.1) is 0 Å². The number of anilines is 1. The van der Waals surface area contributed by atoms with Gasteiger partial charge in [-0.1, -0.05) is 35.3 Å². The van der Waals surface area contributed by atoms with Gasteiger partial charge in [-0.15, -0.1) is 0 Å². The van der Waals surface area contributed by atoms with E-state index in [1.54, 1.807) is 54.6 Å². The van der Waals surface area contributed by atoms with Crippen LogP contribution in [0.3, 0.4) is 0 Å². The summed E-state index contributed by atoms with van der Waals surface area (Å²) in [5.41, 5.74) is 3.23. The minimum absolute atomic E-state index is 0.257. The minimum atomic E-state index is -0.410. The number of carbonyl (C=O) groups excluding carboxylic acids is 2. The third-order valence-electron chi connectivity index (χ3n) is 4.59. The fourth-order valence-electron chi connectivity index (χ4n) is 3.14. The van der Waals surface area contributed by atoms with Gasteiger partial charge in [0.05, 0.1) is 5.56 Å². The molecule has 3 aromatic rings. The summed E-state index contributed by atoms with van der Waals surface area (Å²) in [5.74, 6) is -0.655. The summed E-state index contributed by atoms with van der Waals surface area (Å²) in [5, 5.41) is 4.04. The fraction of sp³-hybridized carbons (Fsp3) is 0.0909. The second-order valence-electron chi connectivity index (χ2n) is 6.48. The Labute approximate surface area is 172 Å². The number of amides is 1. The van der Waals surface area contributed by atoms with Crippen molar-refractivity contribution in [3.8, 4) is 0 Å². The number of rotatable bonds is 3. The zero-order chi connectivity index (χ0) is 19.7. The molecule has 0 saturated carbocycles. The van der Waals surface area contributed by atoms with Crippen molar-refractivity contribution in [1.29, 1.82) is 0 Å². The maximum Gasteiger partial charge on any atom is 0.339 e. The first-order valence-corrected chi connectivity index (χ1v) is 9.41. The molecule has 0 bridgehead atoms. The van der Waals surface area contributed by atoms with Crippen molar-refractivity contribution in [1.82, 2.24) is 0 Å². The first-order chi connectivity index (χ1) is 13.5. The normalized spacial score (nSPS) is 15.5. The van der Waals surface area contributed by atoms with E-state index < -0.39 is 12.1 Å². The van der Waals surface area contributed by atoms with Crippen LogP contribution in [0.25, 0.3) is 0 Å². The average molecular weight is 412 g/mol. The molecule has 1 aliphatic heterocycles. The van der Waals surface area contributed by atoms with Crippen molar-refractivity contribution < 1.29 is 14.3 Å². The van der Waals surface area contributed by atoms with Crippen molar-refractivity contribution in [2.75, 3.05) is 5.32 Å². The summed E-state index contributed by atoms with van der Waals surface area (Å²) < 4.78 is 5.55. The lowest BCUT2D eigenvalue weighted by molar-refractivity contribution is 0.0252. The maximum absolute atomic E-state index is 12.6. The Balaban J connectivity index is 1.57. The number of hydrogen-bond donors (Lipinski definition) is 1. The predicted octanol–water partition coefficient (Wildman–Crippen LogP) is 5.70. The molecule has 1 atom stereocenters. The number of carbonyl (C=O) groups is 2. The van der Waals surface area contributed by atoms with Crippen LogP contribution in [-0.4, -0.2) is 11.9 Å². The summed E-state index contributed by atoms with van der Waals surface area (Å²) in [6.45, 7) is 0. The van der Waals surface area contributed by atoms with Crippen molar-refractivity contribution in [3.63, 3.8) is 0 Å². The highest BCUT2D eigenvalue weighted by molar-refractivity contribution is 6.30. The van der Waals surface area contributed by atoms with Gasteiger partial charge in [0.25, 0.3) is 5.91 Å². The topological polar surface area (TPSA) is 55.4 Å². The third kappa shape index (κ3) is 3.88. The van der Waals surface area contributed by atoms with Crippen LogP contribution in [-0.2, 0) is 11.2 Å². The number of benzene rings is 3. The summed E-state index contributed by atoms with van der Waals surface area (Å²) in [6, 6.07) is 19.0. The number of nitrogens with one attached hydrogen (secondary N) is 1. The second-order valence-corrected chi connectivity index (χ2v) is 7.36. The van der Waals surface area contributed by atoms with E-state index in [1.165, 1.54) is 0 Å². The Kier molecular flexibility index (Phi) is 5.07. The van der Waals surface area contributed by atoms with Gasteiger partial charge in [0.1, 0.15) is 6.10 Å². The zero-order valence-electron chi connectivity index (χ0n) is 14.6. The number of ether oxygens (including phenoxy) is 1. The SMILES string of the molecule is O=C(Nc1ccc(Cl)cc1)c1ccc2c(c1)CC(c1ccc(Cl)cc1)OC2=O. The molecule has 6 heteroatoms. The van der Waals surface area contributed by atoms with Crippen LogP contribution in [0.4, 0.5) is 5.69 Å². The molecule has 0 fully saturated rings. The highest BCUT2D eigenvalue weighted by atomic mass is 35.5. The Morgan fingerprint density at radius 2 is 1.57 bits per heavy atom. The molecule has 0 spiro atoms. The van der Waals surface area contributed by atoms with Crippen LogP contribution >= 0.6 is 23.2 Å². The molecule has 0 aliphatic carbocycles. The van der Waals surface area contributed by atoms with Gasteiger partial charge in [-0.3, -0.25) is 4.79 Å². The van der Waals surface area contributed by atoms with E-state index in [4.69, 9.17) is 27.9 Å². The predicted molar refractivity (Wildman–Crippen MR) is 109 cm³/mol. The average Bonchev–Trinajstić information content (AvgIpc) is 2.69. The molecule has 4 nitrogen and oxygen atoms in total. The highest BCUT2D eigenvalue weighted by Gasteiger charge is 2.28. The first-order valence-electron chi connectivity index (χ1n) is 8.66. The van der Waals surface area contributed by atoms with E-state index in [9.17, 15) is 9.59 Å². The molecule has 1 unspecified atom stereocenters. The van der Waals surface area contributed by atoms with Gasteiger partial charge >= 0.3 is 5.97 Å². The van der Waals surface area contributed by atoms with E-state index >= 15 is 0 Å². The van der Waals surface area contributed by atoms with E-state index in [0.717, 1.165) is 11.1 Å². The monoisotopic (exact) mass is 411 g/mol. The van der Waals surface area contributed by atoms with Gasteiger partial charge in [-0.2, -0.15) is 0 Å². The summed E-state index contributed by atoms with van der Waals surface area (Å²) in [7, 11) is 0. The molecular weight excluding hydrogens is 397 g/mol. The van der Waals surface area contributed by atoms with Gasteiger partial charge in [0, 0.05) is 27.7 Å². The third-order valence-corrected chi connectivity index (χ3v) is 5.09. The zero-order valence-corrected chi connectivity index (χ0v) is 16.1. The summed E-state index contributed by atoms with van der Waals surface area (Å²) >= 11 is 11.8. The molecule has 1 amide bonds. The van der Waals surface area contributed by atoms with Gasteiger partial charge in [-0.25, -0.2) is 4.79 Å². The Bertz CT molecular complexity index is 1050. The number of hydrogen-bond acceptors (Lipinski definition) is 3. The summed E-state index contributed by atoms with van der Waals surface area (Å²) in [6.07, 6.45) is 0.0805. The Hall–Kier alpha value is -2.82.